The average Bonchev–Trinajstić information content (AvgIpc) is 2.31. The smallest absolute Gasteiger partial charge is 0.415 e. The van der Waals surface area contributed by atoms with E-state index in [1.165, 1.54) is 26.4 Å². The number of rotatable bonds is 9. The molecule has 0 heterocycles. The third-order valence-corrected chi connectivity index (χ3v) is 2.31. The van der Waals surface area contributed by atoms with Gasteiger partial charge >= 0.3 is 6.09 Å². The number of amides is 2. The molecule has 0 unspecified atom stereocenters. The Morgan fingerprint density at radius 3 is 2.35 bits per heavy atom. The molecule has 100 valence electrons. The van der Waals surface area contributed by atoms with Crippen molar-refractivity contribution < 1.29 is 19.1 Å². The number of hydrogen-bond acceptors (Lipinski definition) is 4. The third kappa shape index (κ3) is 11.2. The molecule has 0 aromatic rings. The molecule has 0 saturated carbocycles. The predicted octanol–water partition coefficient (Wildman–Crippen LogP) is 2.59. The van der Waals surface area contributed by atoms with E-state index in [-0.39, 0.29) is 12.7 Å². The minimum atomic E-state index is -0.747. The largest absolute Gasteiger partial charge is 0.422 e. The van der Waals surface area contributed by atoms with Crippen molar-refractivity contribution in [2.24, 2.45) is 0 Å². The Morgan fingerprint density at radius 1 is 1.06 bits per heavy atom. The SMILES string of the molecule is CCCCCCCCC(=O)NC(=O)OCOC. The van der Waals surface area contributed by atoms with Gasteiger partial charge in [0.1, 0.15) is 0 Å². The summed E-state index contributed by atoms with van der Waals surface area (Å²) in [6.45, 7) is 2.02. The number of nitrogens with one attached hydrogen (secondary N) is 1. The van der Waals surface area contributed by atoms with Crippen molar-refractivity contribution in [3.8, 4) is 0 Å². The minimum Gasteiger partial charge on any atom is -0.422 e. The Balaban J connectivity index is 3.36. The second-order valence-electron chi connectivity index (χ2n) is 3.90. The van der Waals surface area contributed by atoms with Crippen LogP contribution in [0.25, 0.3) is 0 Å². The molecule has 0 aliphatic heterocycles. The van der Waals surface area contributed by atoms with Crippen LogP contribution in [0, 0.1) is 0 Å². The summed E-state index contributed by atoms with van der Waals surface area (Å²) in [7, 11) is 1.41. The molecule has 0 saturated heterocycles. The van der Waals surface area contributed by atoms with Gasteiger partial charge in [-0.05, 0) is 6.42 Å². The second kappa shape index (κ2) is 11.4. The zero-order valence-corrected chi connectivity index (χ0v) is 10.8. The van der Waals surface area contributed by atoms with Gasteiger partial charge in [0.2, 0.25) is 5.91 Å². The molecule has 5 nitrogen and oxygen atoms in total. The van der Waals surface area contributed by atoms with E-state index in [0.717, 1.165) is 19.3 Å². The maximum absolute atomic E-state index is 11.3. The second-order valence-corrected chi connectivity index (χ2v) is 3.90. The van der Waals surface area contributed by atoms with Crippen molar-refractivity contribution in [1.29, 1.82) is 0 Å². The van der Waals surface area contributed by atoms with Crippen molar-refractivity contribution in [1.82, 2.24) is 5.32 Å². The Hall–Kier alpha value is -1.10. The standard InChI is InChI=1S/C12H23NO4/c1-3-4-5-6-7-8-9-11(14)13-12(15)17-10-16-2/h3-10H2,1-2H3,(H,13,14,15). The Labute approximate surface area is 103 Å². The van der Waals surface area contributed by atoms with E-state index >= 15 is 0 Å². The molecule has 0 aliphatic carbocycles. The van der Waals surface area contributed by atoms with Gasteiger partial charge in [-0.2, -0.15) is 0 Å². The van der Waals surface area contributed by atoms with Crippen molar-refractivity contribution >= 4 is 12.0 Å². The molecule has 0 atom stereocenters. The van der Waals surface area contributed by atoms with Crippen LogP contribution >= 0.6 is 0 Å². The van der Waals surface area contributed by atoms with Crippen LogP contribution in [0.15, 0.2) is 0 Å². The van der Waals surface area contributed by atoms with E-state index in [0.29, 0.717) is 6.42 Å². The van der Waals surface area contributed by atoms with E-state index in [4.69, 9.17) is 0 Å². The van der Waals surface area contributed by atoms with E-state index < -0.39 is 6.09 Å². The zero-order chi connectivity index (χ0) is 12.9. The Bertz CT molecular complexity index is 219. The summed E-state index contributed by atoms with van der Waals surface area (Å²) < 4.78 is 9.06. The average molecular weight is 245 g/mol. The van der Waals surface area contributed by atoms with Crippen LogP contribution < -0.4 is 5.32 Å². The maximum Gasteiger partial charge on any atom is 0.415 e. The molecule has 0 aromatic carbocycles. The molecule has 17 heavy (non-hydrogen) atoms. The van der Waals surface area contributed by atoms with Gasteiger partial charge in [0, 0.05) is 13.5 Å². The Kier molecular flexibility index (Phi) is 10.7. The first-order chi connectivity index (χ1) is 8.20. The summed E-state index contributed by atoms with van der Waals surface area (Å²) >= 11 is 0. The van der Waals surface area contributed by atoms with Gasteiger partial charge in [-0.3, -0.25) is 10.1 Å². The molecule has 0 fully saturated rings. The lowest BCUT2D eigenvalue weighted by atomic mass is 10.1. The van der Waals surface area contributed by atoms with Crippen LogP contribution in [-0.4, -0.2) is 25.9 Å². The van der Waals surface area contributed by atoms with Crippen LogP contribution in [0.2, 0.25) is 0 Å². The molecule has 0 aromatic heterocycles. The van der Waals surface area contributed by atoms with Gasteiger partial charge < -0.3 is 9.47 Å². The third-order valence-electron chi connectivity index (χ3n) is 2.31. The summed E-state index contributed by atoms with van der Waals surface area (Å²) in [5, 5.41) is 2.14. The summed E-state index contributed by atoms with van der Waals surface area (Å²) in [4.78, 5) is 22.2. The molecule has 0 spiro atoms. The Morgan fingerprint density at radius 2 is 1.71 bits per heavy atom. The molecule has 0 bridgehead atoms. The monoisotopic (exact) mass is 245 g/mol. The quantitative estimate of drug-likeness (QED) is 0.501. The normalized spacial score (nSPS) is 10.0. The number of carbonyl (C=O) groups excluding carboxylic acids is 2. The topological polar surface area (TPSA) is 64.6 Å². The summed E-state index contributed by atoms with van der Waals surface area (Å²) in [5.74, 6) is -0.290. The number of imide groups is 1. The van der Waals surface area contributed by atoms with Crippen molar-refractivity contribution in [2.45, 2.75) is 51.9 Å². The van der Waals surface area contributed by atoms with Gasteiger partial charge in [0.05, 0.1) is 0 Å². The van der Waals surface area contributed by atoms with Crippen LogP contribution in [0.3, 0.4) is 0 Å². The number of hydrogen-bond donors (Lipinski definition) is 1. The maximum atomic E-state index is 11.3. The summed E-state index contributed by atoms with van der Waals surface area (Å²) in [5.41, 5.74) is 0. The van der Waals surface area contributed by atoms with E-state index in [1.807, 2.05) is 0 Å². The van der Waals surface area contributed by atoms with E-state index in [2.05, 4.69) is 21.7 Å². The molecular weight excluding hydrogens is 222 g/mol. The molecular formula is C12H23NO4. The first-order valence-electron chi connectivity index (χ1n) is 6.16. The number of methoxy groups -OCH3 is 1. The van der Waals surface area contributed by atoms with Gasteiger partial charge in [-0.1, -0.05) is 39.0 Å². The number of alkyl carbamates (subject to hydrolysis) is 1. The molecule has 1 N–H and O–H groups in total. The molecule has 2 amide bonds. The van der Waals surface area contributed by atoms with Crippen LogP contribution in [0.1, 0.15) is 51.9 Å². The van der Waals surface area contributed by atoms with Crippen molar-refractivity contribution in [2.75, 3.05) is 13.9 Å². The number of ether oxygens (including phenoxy) is 2. The van der Waals surface area contributed by atoms with Gasteiger partial charge in [-0.25, -0.2) is 4.79 Å². The fraction of sp³-hybridized carbons (Fsp3) is 0.833. The highest BCUT2D eigenvalue weighted by Crippen LogP contribution is 2.06. The van der Waals surface area contributed by atoms with Gasteiger partial charge in [0.15, 0.2) is 6.79 Å². The zero-order valence-electron chi connectivity index (χ0n) is 10.8. The molecule has 0 aliphatic rings. The van der Waals surface area contributed by atoms with Gasteiger partial charge in [-0.15, -0.1) is 0 Å². The fourth-order valence-corrected chi connectivity index (χ4v) is 1.39. The van der Waals surface area contributed by atoms with Crippen LogP contribution in [0.5, 0.6) is 0 Å². The molecule has 0 rings (SSSR count). The summed E-state index contributed by atoms with van der Waals surface area (Å²) in [6, 6.07) is 0. The fourth-order valence-electron chi connectivity index (χ4n) is 1.39. The van der Waals surface area contributed by atoms with Crippen molar-refractivity contribution in [3.05, 3.63) is 0 Å². The molecule has 0 radical (unpaired) electrons. The minimum absolute atomic E-state index is 0.143. The summed E-state index contributed by atoms with van der Waals surface area (Å²) in [6.07, 6.45) is 6.29. The highest BCUT2D eigenvalue weighted by atomic mass is 16.7. The van der Waals surface area contributed by atoms with E-state index in [1.54, 1.807) is 0 Å². The number of unbranched alkanes of at least 4 members (excludes halogenated alkanes) is 5. The van der Waals surface area contributed by atoms with Gasteiger partial charge in [0.25, 0.3) is 0 Å². The predicted molar refractivity (Wildman–Crippen MR) is 64.5 cm³/mol. The first kappa shape index (κ1) is 15.9. The highest BCUT2D eigenvalue weighted by molar-refractivity contribution is 5.91. The van der Waals surface area contributed by atoms with Crippen LogP contribution in [0.4, 0.5) is 4.79 Å². The lowest BCUT2D eigenvalue weighted by Gasteiger charge is -2.04. The number of carbonyl (C=O) groups is 2. The highest BCUT2D eigenvalue weighted by Gasteiger charge is 2.07. The van der Waals surface area contributed by atoms with E-state index in [9.17, 15) is 9.59 Å². The lowest BCUT2D eigenvalue weighted by Crippen LogP contribution is -2.31. The molecule has 5 heteroatoms. The van der Waals surface area contributed by atoms with Crippen LogP contribution in [-0.2, 0) is 14.3 Å². The van der Waals surface area contributed by atoms with Crippen molar-refractivity contribution in [3.63, 3.8) is 0 Å². The first-order valence-corrected chi connectivity index (χ1v) is 6.16. The lowest BCUT2D eigenvalue weighted by molar-refractivity contribution is -0.120.